The van der Waals surface area contributed by atoms with Gasteiger partial charge in [-0.2, -0.15) is 0 Å². The summed E-state index contributed by atoms with van der Waals surface area (Å²) >= 11 is 0. The van der Waals surface area contributed by atoms with Gasteiger partial charge in [0.05, 0.1) is 7.11 Å². The minimum atomic E-state index is -0.528. The molecule has 2 aromatic carbocycles. The van der Waals surface area contributed by atoms with Crippen LogP contribution >= 0.6 is 0 Å². The molecule has 0 aliphatic carbocycles. The summed E-state index contributed by atoms with van der Waals surface area (Å²) in [6.07, 6.45) is 0. The molecule has 3 heteroatoms. The van der Waals surface area contributed by atoms with Gasteiger partial charge in [0.2, 0.25) is 11.6 Å². The van der Waals surface area contributed by atoms with Gasteiger partial charge in [-0.25, -0.2) is 0 Å². The molecule has 22 heavy (non-hydrogen) atoms. The number of benzene rings is 2. The van der Waals surface area contributed by atoms with Crippen molar-refractivity contribution >= 4 is 11.6 Å². The summed E-state index contributed by atoms with van der Waals surface area (Å²) in [4.78, 5) is 24.0. The quantitative estimate of drug-likeness (QED) is 0.601. The van der Waals surface area contributed by atoms with E-state index < -0.39 is 11.6 Å². The van der Waals surface area contributed by atoms with Gasteiger partial charge < -0.3 is 4.74 Å². The van der Waals surface area contributed by atoms with E-state index in [2.05, 4.69) is 0 Å². The molecular formula is C19H24O3. The van der Waals surface area contributed by atoms with Crippen LogP contribution in [0.2, 0.25) is 0 Å². The summed E-state index contributed by atoms with van der Waals surface area (Å²) in [7, 11) is 1.52. The molecule has 118 valence electrons. The van der Waals surface area contributed by atoms with Gasteiger partial charge >= 0.3 is 0 Å². The van der Waals surface area contributed by atoms with Crippen molar-refractivity contribution < 1.29 is 14.3 Å². The van der Waals surface area contributed by atoms with E-state index in [4.69, 9.17) is 4.74 Å². The third-order valence-corrected chi connectivity index (χ3v) is 2.57. The van der Waals surface area contributed by atoms with Gasteiger partial charge in [-0.15, -0.1) is 0 Å². The van der Waals surface area contributed by atoms with E-state index in [0.29, 0.717) is 16.9 Å². The Morgan fingerprint density at radius 2 is 1.23 bits per heavy atom. The van der Waals surface area contributed by atoms with Crippen LogP contribution in [-0.4, -0.2) is 18.7 Å². The summed E-state index contributed by atoms with van der Waals surface area (Å²) in [5.41, 5.74) is 0.730. The van der Waals surface area contributed by atoms with Crippen molar-refractivity contribution in [3.8, 4) is 5.75 Å². The minimum absolute atomic E-state index is 0.336. The molecule has 0 unspecified atom stereocenters. The van der Waals surface area contributed by atoms with E-state index in [1.165, 1.54) is 7.11 Å². The van der Waals surface area contributed by atoms with Crippen molar-refractivity contribution in [1.82, 2.24) is 0 Å². The zero-order chi connectivity index (χ0) is 17.0. The standard InChI is InChI=1S/C15H12O3.2C2H6/c1-18-13-9-5-8-12(10-13)15(17)14(16)11-6-3-2-4-7-11;2*1-2/h2-10H,1H3;2*1-2H3. The molecule has 0 aliphatic heterocycles. The molecule has 0 heterocycles. The number of Topliss-reactive ketones (excluding diaryl/α,β-unsaturated/α-hetero) is 2. The van der Waals surface area contributed by atoms with Gasteiger partial charge in [0.15, 0.2) is 0 Å². The van der Waals surface area contributed by atoms with E-state index >= 15 is 0 Å². The monoisotopic (exact) mass is 300 g/mol. The summed E-state index contributed by atoms with van der Waals surface area (Å²) < 4.78 is 5.03. The van der Waals surface area contributed by atoms with Gasteiger partial charge in [0.1, 0.15) is 5.75 Å². The van der Waals surface area contributed by atoms with Crippen LogP contribution in [0.4, 0.5) is 0 Å². The second-order valence-corrected chi connectivity index (χ2v) is 3.76. The first-order valence-corrected chi connectivity index (χ1v) is 7.50. The Morgan fingerprint density at radius 3 is 1.77 bits per heavy atom. The smallest absolute Gasteiger partial charge is 0.233 e. The Hall–Kier alpha value is -2.42. The lowest BCUT2D eigenvalue weighted by Crippen LogP contribution is -2.14. The SMILES string of the molecule is CC.CC.COc1cccc(C(=O)C(=O)c2ccccc2)c1. The predicted molar refractivity (Wildman–Crippen MR) is 90.8 cm³/mol. The highest BCUT2D eigenvalue weighted by Crippen LogP contribution is 2.14. The zero-order valence-electron chi connectivity index (χ0n) is 13.9. The molecule has 0 saturated heterocycles. The fourth-order valence-corrected chi connectivity index (χ4v) is 1.62. The molecular weight excluding hydrogens is 276 g/mol. The van der Waals surface area contributed by atoms with Crippen LogP contribution in [-0.2, 0) is 0 Å². The zero-order valence-corrected chi connectivity index (χ0v) is 13.9. The summed E-state index contributed by atoms with van der Waals surface area (Å²) in [6.45, 7) is 8.00. The molecule has 0 atom stereocenters. The molecule has 0 amide bonds. The second-order valence-electron chi connectivity index (χ2n) is 3.76. The number of hydrogen-bond acceptors (Lipinski definition) is 3. The molecule has 0 radical (unpaired) electrons. The van der Waals surface area contributed by atoms with Crippen LogP contribution in [0.25, 0.3) is 0 Å². The molecule has 0 spiro atoms. The van der Waals surface area contributed by atoms with E-state index in [9.17, 15) is 9.59 Å². The van der Waals surface area contributed by atoms with E-state index in [1.807, 2.05) is 27.7 Å². The average molecular weight is 300 g/mol. The van der Waals surface area contributed by atoms with Gasteiger partial charge in [-0.05, 0) is 12.1 Å². The summed E-state index contributed by atoms with van der Waals surface area (Å²) in [5, 5.41) is 0. The second kappa shape index (κ2) is 11.3. The van der Waals surface area contributed by atoms with Crippen LogP contribution < -0.4 is 4.74 Å². The number of methoxy groups -OCH3 is 1. The van der Waals surface area contributed by atoms with Crippen molar-refractivity contribution in [1.29, 1.82) is 0 Å². The lowest BCUT2D eigenvalue weighted by molar-refractivity contribution is 0.0817. The Balaban J connectivity index is 0.00000102. The third-order valence-electron chi connectivity index (χ3n) is 2.57. The average Bonchev–Trinajstić information content (AvgIpc) is 2.64. The molecule has 3 nitrogen and oxygen atoms in total. The minimum Gasteiger partial charge on any atom is -0.497 e. The molecule has 0 aliphatic rings. The maximum atomic E-state index is 12.0. The fourth-order valence-electron chi connectivity index (χ4n) is 1.62. The molecule has 2 rings (SSSR count). The maximum absolute atomic E-state index is 12.0. The third kappa shape index (κ3) is 5.52. The van der Waals surface area contributed by atoms with Crippen LogP contribution in [0.1, 0.15) is 48.4 Å². The van der Waals surface area contributed by atoms with Crippen LogP contribution in [0.5, 0.6) is 5.75 Å². The first kappa shape index (κ1) is 19.6. The lowest BCUT2D eigenvalue weighted by atomic mass is 10.0. The Morgan fingerprint density at radius 1 is 0.727 bits per heavy atom. The van der Waals surface area contributed by atoms with Gasteiger partial charge in [0.25, 0.3) is 0 Å². The van der Waals surface area contributed by atoms with E-state index in [0.717, 1.165) is 0 Å². The van der Waals surface area contributed by atoms with Gasteiger partial charge in [0, 0.05) is 11.1 Å². The highest BCUT2D eigenvalue weighted by Gasteiger charge is 2.18. The number of ether oxygens (including phenoxy) is 1. The van der Waals surface area contributed by atoms with Crippen LogP contribution in [0.15, 0.2) is 54.6 Å². The number of rotatable bonds is 4. The van der Waals surface area contributed by atoms with Crippen molar-refractivity contribution in [2.75, 3.05) is 7.11 Å². The van der Waals surface area contributed by atoms with Crippen molar-refractivity contribution in [3.63, 3.8) is 0 Å². The van der Waals surface area contributed by atoms with E-state index in [-0.39, 0.29) is 0 Å². The first-order chi connectivity index (χ1) is 10.7. The normalized spacial score (nSPS) is 8.59. The highest BCUT2D eigenvalue weighted by molar-refractivity contribution is 6.49. The van der Waals surface area contributed by atoms with Crippen LogP contribution in [0, 0.1) is 0 Å². The molecule has 2 aromatic rings. The van der Waals surface area contributed by atoms with Gasteiger partial charge in [-0.3, -0.25) is 9.59 Å². The lowest BCUT2D eigenvalue weighted by Gasteiger charge is -2.03. The predicted octanol–water partition coefficient (Wildman–Crippen LogP) is 4.81. The number of ketones is 2. The maximum Gasteiger partial charge on any atom is 0.233 e. The fraction of sp³-hybridized carbons (Fsp3) is 0.263. The van der Waals surface area contributed by atoms with Crippen LogP contribution in [0.3, 0.4) is 0 Å². The van der Waals surface area contributed by atoms with Crippen molar-refractivity contribution in [2.45, 2.75) is 27.7 Å². The molecule has 0 fully saturated rings. The Labute approximate surface area is 132 Å². The Kier molecular flexibility index (Phi) is 10.0. The number of hydrogen-bond donors (Lipinski definition) is 0. The first-order valence-electron chi connectivity index (χ1n) is 7.50. The van der Waals surface area contributed by atoms with Crippen molar-refractivity contribution in [3.05, 3.63) is 65.7 Å². The summed E-state index contributed by atoms with van der Waals surface area (Å²) in [5.74, 6) is -0.481. The van der Waals surface area contributed by atoms with E-state index in [1.54, 1.807) is 54.6 Å². The Bertz CT molecular complexity index is 574. The molecule has 0 saturated carbocycles. The largest absolute Gasteiger partial charge is 0.497 e. The topological polar surface area (TPSA) is 43.4 Å². The summed E-state index contributed by atoms with van der Waals surface area (Å²) in [6, 6.07) is 15.1. The molecule has 0 bridgehead atoms. The van der Waals surface area contributed by atoms with Gasteiger partial charge in [-0.1, -0.05) is 70.2 Å². The van der Waals surface area contributed by atoms with Crippen molar-refractivity contribution in [2.24, 2.45) is 0 Å². The highest BCUT2D eigenvalue weighted by atomic mass is 16.5. The number of carbonyl (C=O) groups excluding carboxylic acids is 2. The molecule has 0 aromatic heterocycles. The number of carbonyl (C=O) groups is 2. The molecule has 0 N–H and O–H groups in total.